The molecule has 0 saturated heterocycles. The van der Waals surface area contributed by atoms with Gasteiger partial charge in [0.15, 0.2) is 0 Å². The number of aromatic nitrogens is 1. The van der Waals surface area contributed by atoms with Crippen molar-refractivity contribution >= 4 is 23.2 Å². The summed E-state index contributed by atoms with van der Waals surface area (Å²) in [5, 5.41) is 5.16. The fourth-order valence-corrected chi connectivity index (χ4v) is 2.20. The lowest BCUT2D eigenvalue weighted by Gasteiger charge is -2.16. The molecule has 0 fully saturated rings. The quantitative estimate of drug-likeness (QED) is 0.820. The predicted molar refractivity (Wildman–Crippen MR) is 79.5 cm³/mol. The van der Waals surface area contributed by atoms with Crippen LogP contribution in [0.4, 0.5) is 0 Å². The molecular formula is C13H22N4O2S. The fraction of sp³-hybridized carbons (Fsp3) is 0.615. The van der Waals surface area contributed by atoms with Crippen molar-refractivity contribution in [2.75, 3.05) is 20.1 Å². The van der Waals surface area contributed by atoms with Crippen LogP contribution in [0.5, 0.6) is 0 Å². The van der Waals surface area contributed by atoms with Crippen LogP contribution in [-0.4, -0.2) is 41.8 Å². The van der Waals surface area contributed by atoms with Crippen LogP contribution in [0.25, 0.3) is 0 Å². The van der Waals surface area contributed by atoms with Crippen molar-refractivity contribution < 1.29 is 9.59 Å². The van der Waals surface area contributed by atoms with Crippen LogP contribution in [0.15, 0.2) is 5.38 Å². The van der Waals surface area contributed by atoms with E-state index in [1.165, 1.54) is 16.2 Å². The number of likely N-dealkylation sites (N-methyl/N-ethyl adjacent to an activating group) is 1. The lowest BCUT2D eigenvalue weighted by Crippen LogP contribution is -2.39. The third kappa shape index (κ3) is 4.90. The lowest BCUT2D eigenvalue weighted by molar-refractivity contribution is -0.121. The second kappa shape index (κ2) is 7.35. The van der Waals surface area contributed by atoms with Crippen LogP contribution in [-0.2, 0) is 4.79 Å². The van der Waals surface area contributed by atoms with Crippen molar-refractivity contribution in [1.82, 2.24) is 15.2 Å². The summed E-state index contributed by atoms with van der Waals surface area (Å²) >= 11 is 1.35. The van der Waals surface area contributed by atoms with Crippen LogP contribution < -0.4 is 11.1 Å². The molecule has 0 aliphatic carbocycles. The fourth-order valence-electron chi connectivity index (χ4n) is 1.45. The van der Waals surface area contributed by atoms with Crippen LogP contribution in [0.1, 0.15) is 42.3 Å². The normalized spacial score (nSPS) is 12.3. The van der Waals surface area contributed by atoms with Crippen molar-refractivity contribution in [2.24, 2.45) is 11.7 Å². The number of nitrogens with one attached hydrogen (secondary N) is 1. The molecule has 1 aromatic heterocycles. The molecule has 20 heavy (non-hydrogen) atoms. The van der Waals surface area contributed by atoms with Crippen molar-refractivity contribution in [2.45, 2.75) is 26.8 Å². The van der Waals surface area contributed by atoms with E-state index in [0.29, 0.717) is 23.2 Å². The number of amides is 2. The Bertz CT molecular complexity index is 471. The molecule has 0 bridgehead atoms. The SMILES string of the molecule is CC(C)CNC(=O)CN(C)C(=O)c1csc(C(C)N)n1. The number of thiazole rings is 1. The third-order valence-electron chi connectivity index (χ3n) is 2.57. The van der Waals surface area contributed by atoms with E-state index in [0.717, 1.165) is 0 Å². The highest BCUT2D eigenvalue weighted by atomic mass is 32.1. The van der Waals surface area contributed by atoms with Gasteiger partial charge in [-0.15, -0.1) is 11.3 Å². The van der Waals surface area contributed by atoms with Gasteiger partial charge in [0.05, 0.1) is 12.6 Å². The summed E-state index contributed by atoms with van der Waals surface area (Å²) in [4.78, 5) is 29.3. The average molecular weight is 298 g/mol. The van der Waals surface area contributed by atoms with E-state index in [1.807, 2.05) is 20.8 Å². The molecule has 112 valence electrons. The molecule has 0 aliphatic rings. The monoisotopic (exact) mass is 298 g/mol. The third-order valence-corrected chi connectivity index (χ3v) is 3.61. The van der Waals surface area contributed by atoms with Gasteiger partial charge in [-0.25, -0.2) is 4.98 Å². The van der Waals surface area contributed by atoms with Gasteiger partial charge in [0.1, 0.15) is 10.7 Å². The first kappa shape index (κ1) is 16.6. The minimum Gasteiger partial charge on any atom is -0.354 e. The van der Waals surface area contributed by atoms with Crippen molar-refractivity contribution in [1.29, 1.82) is 0 Å². The molecule has 2 amide bonds. The van der Waals surface area contributed by atoms with Crippen LogP contribution in [0, 0.1) is 5.92 Å². The molecule has 1 atom stereocenters. The van der Waals surface area contributed by atoms with E-state index < -0.39 is 0 Å². The van der Waals surface area contributed by atoms with E-state index in [-0.39, 0.29) is 24.4 Å². The molecule has 0 aromatic carbocycles. The van der Waals surface area contributed by atoms with Gasteiger partial charge >= 0.3 is 0 Å². The van der Waals surface area contributed by atoms with E-state index in [4.69, 9.17) is 5.73 Å². The topological polar surface area (TPSA) is 88.3 Å². The summed E-state index contributed by atoms with van der Waals surface area (Å²) in [5.41, 5.74) is 6.05. The average Bonchev–Trinajstić information content (AvgIpc) is 2.85. The number of hydrogen-bond donors (Lipinski definition) is 2. The van der Waals surface area contributed by atoms with E-state index in [2.05, 4.69) is 10.3 Å². The van der Waals surface area contributed by atoms with E-state index in [1.54, 1.807) is 12.4 Å². The predicted octanol–water partition coefficient (Wildman–Crippen LogP) is 1.01. The summed E-state index contributed by atoms with van der Waals surface area (Å²) in [5.74, 6) is -0.0582. The highest BCUT2D eigenvalue weighted by molar-refractivity contribution is 7.09. The van der Waals surface area contributed by atoms with Crippen molar-refractivity contribution in [3.8, 4) is 0 Å². The highest BCUT2D eigenvalue weighted by Gasteiger charge is 2.18. The molecular weight excluding hydrogens is 276 g/mol. The van der Waals surface area contributed by atoms with Gasteiger partial charge in [0, 0.05) is 19.0 Å². The maximum atomic E-state index is 12.1. The molecule has 0 aliphatic heterocycles. The first-order chi connectivity index (χ1) is 9.31. The van der Waals surface area contributed by atoms with Crippen LogP contribution >= 0.6 is 11.3 Å². The second-order valence-electron chi connectivity index (χ2n) is 5.22. The molecule has 6 nitrogen and oxygen atoms in total. The standard InChI is InChI=1S/C13H22N4O2S/c1-8(2)5-15-11(18)6-17(4)13(19)10-7-20-12(16-10)9(3)14/h7-9H,5-6,14H2,1-4H3,(H,15,18). The van der Waals surface area contributed by atoms with E-state index in [9.17, 15) is 9.59 Å². The molecule has 0 spiro atoms. The summed E-state index contributed by atoms with van der Waals surface area (Å²) in [6.45, 7) is 6.47. The van der Waals surface area contributed by atoms with Gasteiger partial charge in [0.2, 0.25) is 5.91 Å². The van der Waals surface area contributed by atoms with Gasteiger partial charge in [-0.05, 0) is 12.8 Å². The van der Waals surface area contributed by atoms with Crippen LogP contribution in [0.3, 0.4) is 0 Å². The molecule has 1 unspecified atom stereocenters. The molecule has 1 aromatic rings. The van der Waals surface area contributed by atoms with Crippen molar-refractivity contribution in [3.63, 3.8) is 0 Å². The number of nitrogens with two attached hydrogens (primary N) is 1. The number of nitrogens with zero attached hydrogens (tertiary/aromatic N) is 2. The zero-order valence-electron chi connectivity index (χ0n) is 12.3. The van der Waals surface area contributed by atoms with Gasteiger partial charge in [-0.1, -0.05) is 13.8 Å². The van der Waals surface area contributed by atoms with Gasteiger partial charge < -0.3 is 16.0 Å². The minimum atomic E-state index is -0.271. The smallest absolute Gasteiger partial charge is 0.273 e. The van der Waals surface area contributed by atoms with Crippen LogP contribution in [0.2, 0.25) is 0 Å². The number of carbonyl (C=O) groups excluding carboxylic acids is 2. The maximum Gasteiger partial charge on any atom is 0.273 e. The minimum absolute atomic E-state index is 0.0244. The largest absolute Gasteiger partial charge is 0.354 e. The lowest BCUT2D eigenvalue weighted by atomic mass is 10.2. The maximum absolute atomic E-state index is 12.1. The Hall–Kier alpha value is -1.47. The van der Waals surface area contributed by atoms with Crippen molar-refractivity contribution in [3.05, 3.63) is 16.1 Å². The zero-order chi connectivity index (χ0) is 15.3. The number of rotatable bonds is 6. The molecule has 7 heteroatoms. The zero-order valence-corrected chi connectivity index (χ0v) is 13.2. The summed E-state index contributed by atoms with van der Waals surface area (Å²) in [6, 6.07) is -0.193. The molecule has 3 N–H and O–H groups in total. The summed E-state index contributed by atoms with van der Waals surface area (Å²) in [6.07, 6.45) is 0. The van der Waals surface area contributed by atoms with E-state index >= 15 is 0 Å². The van der Waals surface area contributed by atoms with Gasteiger partial charge in [-0.2, -0.15) is 0 Å². The summed E-state index contributed by atoms with van der Waals surface area (Å²) in [7, 11) is 1.59. The Balaban J connectivity index is 2.55. The molecule has 0 radical (unpaired) electrons. The Morgan fingerprint density at radius 2 is 2.10 bits per heavy atom. The second-order valence-corrected chi connectivity index (χ2v) is 6.11. The Labute approximate surface area is 123 Å². The first-order valence-corrected chi connectivity index (χ1v) is 7.42. The van der Waals surface area contributed by atoms with Gasteiger partial charge in [0.25, 0.3) is 5.91 Å². The number of hydrogen-bond acceptors (Lipinski definition) is 5. The molecule has 0 saturated carbocycles. The highest BCUT2D eigenvalue weighted by Crippen LogP contribution is 2.16. The Kier molecular flexibility index (Phi) is 6.09. The molecule has 1 heterocycles. The number of carbonyl (C=O) groups is 2. The first-order valence-electron chi connectivity index (χ1n) is 6.54. The van der Waals surface area contributed by atoms with Gasteiger partial charge in [-0.3, -0.25) is 9.59 Å². The summed E-state index contributed by atoms with van der Waals surface area (Å²) < 4.78 is 0. The Morgan fingerprint density at radius 1 is 1.45 bits per heavy atom. The Morgan fingerprint density at radius 3 is 2.60 bits per heavy atom. The molecule has 1 rings (SSSR count).